The summed E-state index contributed by atoms with van der Waals surface area (Å²) in [7, 11) is 2.84. The summed E-state index contributed by atoms with van der Waals surface area (Å²) in [4.78, 5) is 28.2. The molecule has 3 rings (SSSR count). The summed E-state index contributed by atoms with van der Waals surface area (Å²) in [5.74, 6) is 0.156. The van der Waals surface area contributed by atoms with Crippen molar-refractivity contribution in [1.82, 2.24) is 9.80 Å². The van der Waals surface area contributed by atoms with Gasteiger partial charge >= 0.3 is 0 Å². The molecule has 0 bridgehead atoms. The van der Waals surface area contributed by atoms with Gasteiger partial charge in [-0.3, -0.25) is 19.8 Å². The number of rotatable bonds is 6. The number of benzene rings is 2. The van der Waals surface area contributed by atoms with Crippen molar-refractivity contribution < 1.29 is 19.2 Å². The number of hydrogen-bond donors (Lipinski definition) is 0. The van der Waals surface area contributed by atoms with E-state index in [0.717, 1.165) is 19.5 Å². The lowest BCUT2D eigenvalue weighted by Gasteiger charge is -2.23. The third-order valence-electron chi connectivity index (χ3n) is 5.46. The number of nitro benzene ring substituents is 1. The number of aryl methyl sites for hydroxylation is 1. The second kappa shape index (κ2) is 9.58. The zero-order valence-corrected chi connectivity index (χ0v) is 17.6. The second-order valence-electron chi connectivity index (χ2n) is 7.33. The molecule has 1 aliphatic rings. The van der Waals surface area contributed by atoms with E-state index >= 15 is 0 Å². The molecule has 0 radical (unpaired) electrons. The van der Waals surface area contributed by atoms with Gasteiger partial charge in [0, 0.05) is 38.8 Å². The fourth-order valence-corrected chi connectivity index (χ4v) is 3.72. The van der Waals surface area contributed by atoms with Gasteiger partial charge in [-0.1, -0.05) is 24.3 Å². The van der Waals surface area contributed by atoms with Crippen LogP contribution in [0.1, 0.15) is 27.9 Å². The first kappa shape index (κ1) is 21.6. The highest BCUT2D eigenvalue weighted by Gasteiger charge is 2.29. The van der Waals surface area contributed by atoms with Crippen molar-refractivity contribution in [3.05, 3.63) is 63.2 Å². The summed E-state index contributed by atoms with van der Waals surface area (Å²) in [5, 5.41) is 11.6. The summed E-state index contributed by atoms with van der Waals surface area (Å²) in [6.07, 6.45) is 0.804. The van der Waals surface area contributed by atoms with Gasteiger partial charge in [-0.15, -0.1) is 0 Å². The summed E-state index contributed by atoms with van der Waals surface area (Å²) >= 11 is 0. The number of carbonyl (C=O) groups excluding carboxylic acids is 1. The SMILES string of the molecule is COc1cc(C(=O)N2CCCN(Cc3ccccc3C)CC2)c([N+](=O)[O-])cc1OC. The first-order chi connectivity index (χ1) is 14.4. The highest BCUT2D eigenvalue weighted by molar-refractivity contribution is 5.99. The maximum Gasteiger partial charge on any atom is 0.286 e. The lowest BCUT2D eigenvalue weighted by Crippen LogP contribution is -2.35. The van der Waals surface area contributed by atoms with E-state index in [1.54, 1.807) is 4.90 Å². The van der Waals surface area contributed by atoms with Crippen LogP contribution in [0, 0.1) is 17.0 Å². The van der Waals surface area contributed by atoms with Gasteiger partial charge in [0.1, 0.15) is 5.56 Å². The first-order valence-corrected chi connectivity index (χ1v) is 9.91. The molecule has 160 valence electrons. The number of methoxy groups -OCH3 is 2. The topological polar surface area (TPSA) is 85.2 Å². The molecule has 1 heterocycles. The minimum atomic E-state index is -0.558. The Labute approximate surface area is 176 Å². The van der Waals surface area contributed by atoms with Crippen molar-refractivity contribution in [3.8, 4) is 11.5 Å². The smallest absolute Gasteiger partial charge is 0.286 e. The van der Waals surface area contributed by atoms with Gasteiger partial charge in [-0.05, 0) is 24.5 Å². The standard InChI is InChI=1S/C22H27N3O5/c1-16-7-4-5-8-17(16)15-23-9-6-10-24(12-11-23)22(26)18-13-20(29-2)21(30-3)14-19(18)25(27)28/h4-5,7-8,13-14H,6,9-12,15H2,1-3H3. The van der Waals surface area contributed by atoms with E-state index in [2.05, 4.69) is 24.0 Å². The molecule has 0 N–H and O–H groups in total. The van der Waals surface area contributed by atoms with E-state index in [1.807, 2.05) is 12.1 Å². The normalized spacial score (nSPS) is 14.8. The largest absolute Gasteiger partial charge is 0.493 e. The predicted octanol–water partition coefficient (Wildman–Crippen LogP) is 3.27. The van der Waals surface area contributed by atoms with Crippen LogP contribution in [0.5, 0.6) is 11.5 Å². The number of nitrogens with zero attached hydrogens (tertiary/aromatic N) is 3. The van der Waals surface area contributed by atoms with Crippen LogP contribution in [-0.2, 0) is 6.54 Å². The number of hydrogen-bond acceptors (Lipinski definition) is 6. The number of ether oxygens (including phenoxy) is 2. The monoisotopic (exact) mass is 413 g/mol. The fourth-order valence-electron chi connectivity index (χ4n) is 3.72. The fraction of sp³-hybridized carbons (Fsp3) is 0.409. The van der Waals surface area contributed by atoms with E-state index in [0.29, 0.717) is 25.4 Å². The molecule has 0 aromatic heterocycles. The van der Waals surface area contributed by atoms with Crippen molar-refractivity contribution in [2.24, 2.45) is 0 Å². The Balaban J connectivity index is 1.77. The average Bonchev–Trinajstić information content (AvgIpc) is 2.99. The Hall–Kier alpha value is -3.13. The summed E-state index contributed by atoms with van der Waals surface area (Å²) < 4.78 is 10.4. The van der Waals surface area contributed by atoms with Gasteiger partial charge in [0.2, 0.25) is 0 Å². The van der Waals surface area contributed by atoms with Crippen molar-refractivity contribution >= 4 is 11.6 Å². The maximum atomic E-state index is 13.2. The molecule has 1 fully saturated rings. The summed E-state index contributed by atoms with van der Waals surface area (Å²) in [6, 6.07) is 10.9. The van der Waals surface area contributed by atoms with E-state index in [4.69, 9.17) is 9.47 Å². The molecule has 30 heavy (non-hydrogen) atoms. The van der Waals surface area contributed by atoms with Gasteiger partial charge in [0.15, 0.2) is 11.5 Å². The third-order valence-corrected chi connectivity index (χ3v) is 5.46. The molecule has 2 aromatic carbocycles. The van der Waals surface area contributed by atoms with Gasteiger partial charge < -0.3 is 14.4 Å². The zero-order valence-electron chi connectivity index (χ0n) is 17.6. The van der Waals surface area contributed by atoms with E-state index < -0.39 is 4.92 Å². The number of nitro groups is 1. The highest BCUT2D eigenvalue weighted by Crippen LogP contribution is 2.35. The molecule has 1 amide bonds. The molecule has 0 spiro atoms. The maximum absolute atomic E-state index is 13.2. The second-order valence-corrected chi connectivity index (χ2v) is 7.33. The number of carbonyl (C=O) groups is 1. The van der Waals surface area contributed by atoms with Crippen molar-refractivity contribution in [2.75, 3.05) is 40.4 Å². The van der Waals surface area contributed by atoms with Crippen LogP contribution in [-0.4, -0.2) is 61.0 Å². The summed E-state index contributed by atoms with van der Waals surface area (Å²) in [6.45, 7) is 5.56. The Kier molecular flexibility index (Phi) is 6.89. The van der Waals surface area contributed by atoms with Crippen molar-refractivity contribution in [1.29, 1.82) is 0 Å². The minimum absolute atomic E-state index is 0.0185. The van der Waals surface area contributed by atoms with Crippen LogP contribution >= 0.6 is 0 Å². The van der Waals surface area contributed by atoms with Crippen molar-refractivity contribution in [2.45, 2.75) is 19.9 Å². The van der Waals surface area contributed by atoms with Crippen LogP contribution in [0.2, 0.25) is 0 Å². The molecular formula is C22H27N3O5. The van der Waals surface area contributed by atoms with Gasteiger partial charge in [-0.25, -0.2) is 0 Å². The van der Waals surface area contributed by atoms with E-state index in [1.165, 1.54) is 37.5 Å². The first-order valence-electron chi connectivity index (χ1n) is 9.91. The van der Waals surface area contributed by atoms with Gasteiger partial charge in [-0.2, -0.15) is 0 Å². The Morgan fingerprint density at radius 2 is 1.77 bits per heavy atom. The molecule has 8 heteroatoms. The molecule has 0 unspecified atom stereocenters. The molecule has 0 atom stereocenters. The Bertz CT molecular complexity index is 931. The molecule has 1 aliphatic heterocycles. The van der Waals surface area contributed by atoms with Crippen LogP contribution in [0.25, 0.3) is 0 Å². The van der Waals surface area contributed by atoms with Gasteiger partial charge in [0.25, 0.3) is 11.6 Å². The zero-order chi connectivity index (χ0) is 21.7. The molecule has 8 nitrogen and oxygen atoms in total. The lowest BCUT2D eigenvalue weighted by atomic mass is 10.1. The van der Waals surface area contributed by atoms with Crippen LogP contribution in [0.3, 0.4) is 0 Å². The van der Waals surface area contributed by atoms with Gasteiger partial charge in [0.05, 0.1) is 25.2 Å². The van der Waals surface area contributed by atoms with Crippen LogP contribution < -0.4 is 9.47 Å². The molecule has 1 saturated heterocycles. The van der Waals surface area contributed by atoms with E-state index in [9.17, 15) is 14.9 Å². The predicted molar refractivity (Wildman–Crippen MR) is 113 cm³/mol. The van der Waals surface area contributed by atoms with Crippen LogP contribution in [0.15, 0.2) is 36.4 Å². The van der Waals surface area contributed by atoms with Crippen molar-refractivity contribution in [3.63, 3.8) is 0 Å². The molecule has 0 saturated carbocycles. The Morgan fingerprint density at radius 3 is 2.43 bits per heavy atom. The van der Waals surface area contributed by atoms with E-state index in [-0.39, 0.29) is 22.9 Å². The third kappa shape index (κ3) is 4.71. The minimum Gasteiger partial charge on any atom is -0.493 e. The summed E-state index contributed by atoms with van der Waals surface area (Å²) in [5.41, 5.74) is 2.26. The van der Waals surface area contributed by atoms with Crippen LogP contribution in [0.4, 0.5) is 5.69 Å². The molecular weight excluding hydrogens is 386 g/mol. The highest BCUT2D eigenvalue weighted by atomic mass is 16.6. The quantitative estimate of drug-likeness (QED) is 0.534. The lowest BCUT2D eigenvalue weighted by molar-refractivity contribution is -0.385. The molecule has 0 aliphatic carbocycles. The molecule has 2 aromatic rings. The average molecular weight is 413 g/mol. The Morgan fingerprint density at radius 1 is 1.07 bits per heavy atom. The number of amides is 1.